The van der Waals surface area contributed by atoms with Gasteiger partial charge < -0.3 is 4.79 Å². The van der Waals surface area contributed by atoms with Crippen LogP contribution in [0.1, 0.15) is 11.5 Å². The molecule has 0 radical (unpaired) electrons. The summed E-state index contributed by atoms with van der Waals surface area (Å²) in [4.78, 5) is 11.5. The van der Waals surface area contributed by atoms with E-state index < -0.39 is 32.2 Å². The minimum Gasteiger partial charge on any atom is -0.302 e. The summed E-state index contributed by atoms with van der Waals surface area (Å²) in [6, 6.07) is 12.6. The van der Waals surface area contributed by atoms with Crippen molar-refractivity contribution in [3.63, 3.8) is 0 Å². The molecule has 1 fully saturated rings. The molecule has 1 aliphatic rings. The second-order valence-corrected chi connectivity index (χ2v) is 8.12. The van der Waals surface area contributed by atoms with Crippen molar-refractivity contribution in [2.45, 2.75) is 16.1 Å². The Morgan fingerprint density at radius 2 is 1.88 bits per heavy atom. The van der Waals surface area contributed by atoms with Crippen LogP contribution in [0.5, 0.6) is 0 Å². The van der Waals surface area contributed by atoms with Crippen molar-refractivity contribution in [3.05, 3.63) is 64.9 Å². The van der Waals surface area contributed by atoms with Gasteiger partial charge in [-0.15, -0.1) is 0 Å². The molecule has 0 aliphatic heterocycles. The average molecular weight is 364 g/mol. The van der Waals surface area contributed by atoms with Gasteiger partial charge in [0, 0.05) is 10.9 Å². The Bertz CT molecular complexity index is 953. The molecule has 24 heavy (non-hydrogen) atoms. The molecule has 122 valence electrons. The van der Waals surface area contributed by atoms with E-state index in [2.05, 4.69) is 0 Å². The monoisotopic (exact) mass is 363 g/mol. The summed E-state index contributed by atoms with van der Waals surface area (Å²) in [6.07, 6.45) is 0.348. The van der Waals surface area contributed by atoms with Gasteiger partial charge in [0.1, 0.15) is 22.8 Å². The summed E-state index contributed by atoms with van der Waals surface area (Å²) in [7, 11) is -3.96. The first-order valence-corrected chi connectivity index (χ1v) is 8.92. The minimum atomic E-state index is -3.96. The van der Waals surface area contributed by atoms with Crippen molar-refractivity contribution in [3.8, 4) is 6.07 Å². The molecule has 0 heterocycles. The quantitative estimate of drug-likeness (QED) is 0.782. The molecular weight excluding hydrogens is 353 g/mol. The molecule has 3 atom stereocenters. The fraction of sp³-hybridized carbons (Fsp3) is 0.176. The normalized spacial score (nSPS) is 25.7. The van der Waals surface area contributed by atoms with Gasteiger partial charge in [-0.25, -0.2) is 12.8 Å². The molecular formula is C17H11ClFNO3S. The Hall–Kier alpha value is -2.23. The third kappa shape index (κ3) is 2.41. The lowest BCUT2D eigenvalue weighted by molar-refractivity contribution is -0.110. The molecule has 3 rings (SSSR count). The van der Waals surface area contributed by atoms with Gasteiger partial charge in [-0.05, 0) is 42.0 Å². The number of halogens is 2. The average Bonchev–Trinajstić information content (AvgIpc) is 3.26. The van der Waals surface area contributed by atoms with Crippen LogP contribution in [0.15, 0.2) is 53.4 Å². The van der Waals surface area contributed by atoms with Gasteiger partial charge in [-0.2, -0.15) is 5.26 Å². The van der Waals surface area contributed by atoms with E-state index in [1.165, 1.54) is 42.5 Å². The summed E-state index contributed by atoms with van der Waals surface area (Å²) in [5, 5.41) is 8.54. The molecule has 2 aromatic carbocycles. The fourth-order valence-corrected chi connectivity index (χ4v) is 5.40. The van der Waals surface area contributed by atoms with E-state index in [-0.39, 0.29) is 4.90 Å². The lowest BCUT2D eigenvalue weighted by Crippen LogP contribution is -2.16. The molecule has 4 nitrogen and oxygen atoms in total. The highest BCUT2D eigenvalue weighted by molar-refractivity contribution is 7.92. The van der Waals surface area contributed by atoms with Gasteiger partial charge in [0.15, 0.2) is 9.84 Å². The number of carbonyl (C=O) groups excluding carboxylic acids is 1. The number of nitrogens with zero attached hydrogens (tertiary/aromatic N) is 1. The Labute approximate surface area is 143 Å². The predicted octanol–water partition coefficient (Wildman–Crippen LogP) is 3.13. The van der Waals surface area contributed by atoms with E-state index in [0.29, 0.717) is 16.9 Å². The Kier molecular flexibility index (Phi) is 3.94. The van der Waals surface area contributed by atoms with Crippen molar-refractivity contribution in [2.24, 2.45) is 5.41 Å². The summed E-state index contributed by atoms with van der Waals surface area (Å²) in [5.74, 6) is -1.46. The first kappa shape index (κ1) is 16.6. The van der Waals surface area contributed by atoms with Crippen LogP contribution in [-0.4, -0.2) is 20.0 Å². The first-order chi connectivity index (χ1) is 11.4. The van der Waals surface area contributed by atoms with Crippen LogP contribution in [0.3, 0.4) is 0 Å². The largest absolute Gasteiger partial charge is 0.302 e. The topological polar surface area (TPSA) is 75.0 Å². The fourth-order valence-electron chi connectivity index (χ4n) is 3.03. The van der Waals surface area contributed by atoms with Crippen LogP contribution >= 0.6 is 11.6 Å². The third-order valence-corrected chi connectivity index (χ3v) is 6.76. The van der Waals surface area contributed by atoms with Crippen LogP contribution in [0.2, 0.25) is 5.02 Å². The van der Waals surface area contributed by atoms with Gasteiger partial charge in [-0.1, -0.05) is 23.7 Å². The molecule has 0 spiro atoms. The zero-order chi connectivity index (χ0) is 17.5. The van der Waals surface area contributed by atoms with E-state index in [4.69, 9.17) is 11.6 Å². The standard InChI is InChI=1S/C17H11ClFNO3S/c18-12-4-6-14(7-5-12)24(22,23)16-15(17(16,9-20)10-21)11-2-1-3-13(19)8-11/h1-8,10,15-16H/t15-,16-,17-/m0/s1. The maximum absolute atomic E-state index is 13.5. The number of hydrogen-bond acceptors (Lipinski definition) is 4. The molecule has 1 aliphatic carbocycles. The number of carbonyl (C=O) groups is 1. The Morgan fingerprint density at radius 1 is 1.21 bits per heavy atom. The maximum atomic E-state index is 13.5. The molecule has 0 bridgehead atoms. The van der Waals surface area contributed by atoms with E-state index in [0.717, 1.165) is 6.07 Å². The molecule has 0 amide bonds. The lowest BCUT2D eigenvalue weighted by atomic mass is 10.0. The highest BCUT2D eigenvalue weighted by atomic mass is 35.5. The molecule has 0 saturated heterocycles. The van der Waals surface area contributed by atoms with Gasteiger partial charge >= 0.3 is 0 Å². The van der Waals surface area contributed by atoms with E-state index in [1.807, 2.05) is 6.07 Å². The van der Waals surface area contributed by atoms with Gasteiger partial charge in [0.05, 0.1) is 11.0 Å². The van der Waals surface area contributed by atoms with E-state index in [1.54, 1.807) is 0 Å². The number of sulfone groups is 1. The number of benzene rings is 2. The Morgan fingerprint density at radius 3 is 2.42 bits per heavy atom. The number of nitriles is 1. The van der Waals surface area contributed by atoms with Crippen molar-refractivity contribution in [2.75, 3.05) is 0 Å². The first-order valence-electron chi connectivity index (χ1n) is 6.99. The summed E-state index contributed by atoms with van der Waals surface area (Å²) in [6.45, 7) is 0. The van der Waals surface area contributed by atoms with Gasteiger partial charge in [0.25, 0.3) is 0 Å². The summed E-state index contributed by atoms with van der Waals surface area (Å²) >= 11 is 5.76. The van der Waals surface area contributed by atoms with Crippen molar-refractivity contribution >= 4 is 27.7 Å². The van der Waals surface area contributed by atoms with Crippen LogP contribution in [-0.2, 0) is 14.6 Å². The number of aldehydes is 1. The molecule has 2 aromatic rings. The van der Waals surface area contributed by atoms with Crippen LogP contribution in [0.25, 0.3) is 0 Å². The van der Waals surface area contributed by atoms with Gasteiger partial charge in [0.2, 0.25) is 0 Å². The van der Waals surface area contributed by atoms with E-state index in [9.17, 15) is 22.9 Å². The number of rotatable bonds is 4. The third-order valence-electron chi connectivity index (χ3n) is 4.25. The van der Waals surface area contributed by atoms with Crippen LogP contribution in [0, 0.1) is 22.6 Å². The SMILES string of the molecule is N#C[C@]1(C=O)[C@@H](c2cccc(F)c2)[C@@H]1S(=O)(=O)c1ccc(Cl)cc1. The Balaban J connectivity index is 2.10. The molecule has 1 saturated carbocycles. The van der Waals surface area contributed by atoms with E-state index >= 15 is 0 Å². The second kappa shape index (κ2) is 5.69. The highest BCUT2D eigenvalue weighted by Crippen LogP contribution is 2.62. The summed E-state index contributed by atoms with van der Waals surface area (Å²) < 4.78 is 39.2. The van der Waals surface area contributed by atoms with Crippen LogP contribution in [0.4, 0.5) is 4.39 Å². The number of hydrogen-bond donors (Lipinski definition) is 0. The molecule has 0 aromatic heterocycles. The van der Waals surface area contributed by atoms with Crippen molar-refractivity contribution in [1.82, 2.24) is 0 Å². The molecule has 7 heteroatoms. The molecule has 0 unspecified atom stereocenters. The summed E-state index contributed by atoms with van der Waals surface area (Å²) in [5.41, 5.74) is -1.40. The second-order valence-electron chi connectivity index (χ2n) is 5.61. The van der Waals surface area contributed by atoms with Gasteiger partial charge in [-0.3, -0.25) is 0 Å². The lowest BCUT2D eigenvalue weighted by Gasteiger charge is -2.04. The smallest absolute Gasteiger partial charge is 0.183 e. The minimum absolute atomic E-state index is 0.0303. The zero-order valence-corrected chi connectivity index (χ0v) is 13.8. The predicted molar refractivity (Wildman–Crippen MR) is 85.7 cm³/mol. The molecule has 0 N–H and O–H groups in total. The van der Waals surface area contributed by atoms with Crippen molar-refractivity contribution in [1.29, 1.82) is 5.26 Å². The highest BCUT2D eigenvalue weighted by Gasteiger charge is 2.72. The van der Waals surface area contributed by atoms with Crippen LogP contribution < -0.4 is 0 Å². The van der Waals surface area contributed by atoms with Crippen molar-refractivity contribution < 1.29 is 17.6 Å². The zero-order valence-electron chi connectivity index (χ0n) is 12.2. The maximum Gasteiger partial charge on any atom is 0.183 e.